The number of hydrogen-bond acceptors (Lipinski definition) is 10. The van der Waals surface area contributed by atoms with Gasteiger partial charge in [0.25, 0.3) is 0 Å². The Kier molecular flexibility index (Phi) is 7.79. The van der Waals surface area contributed by atoms with Crippen LogP contribution in [0, 0.1) is 5.82 Å². The topological polar surface area (TPSA) is 97.2 Å². The molecule has 0 radical (unpaired) electrons. The van der Waals surface area contributed by atoms with Gasteiger partial charge in [0.2, 0.25) is 17.8 Å². The van der Waals surface area contributed by atoms with Crippen LogP contribution >= 0.6 is 0 Å². The van der Waals surface area contributed by atoms with E-state index in [9.17, 15) is 4.39 Å². The predicted molar refractivity (Wildman–Crippen MR) is 134 cm³/mol. The molecule has 0 atom stereocenters. The van der Waals surface area contributed by atoms with Crippen molar-refractivity contribution >= 4 is 24.1 Å². The molecule has 2 fully saturated rings. The molecule has 188 valence electrons. The molecule has 10 nitrogen and oxygen atoms in total. The molecular formula is C25H28FN7O3. The lowest BCUT2D eigenvalue weighted by Crippen LogP contribution is -2.40. The predicted octanol–water partition coefficient (Wildman–Crippen LogP) is 2.71. The molecule has 5 rings (SSSR count). The molecule has 2 saturated heterocycles. The van der Waals surface area contributed by atoms with Crippen LogP contribution in [-0.4, -0.2) is 73.8 Å². The summed E-state index contributed by atoms with van der Waals surface area (Å²) in [5.74, 6) is 1.87. The van der Waals surface area contributed by atoms with E-state index in [4.69, 9.17) is 19.2 Å². The summed E-state index contributed by atoms with van der Waals surface area (Å²) in [5, 5.41) is 4.33. The van der Waals surface area contributed by atoms with E-state index in [2.05, 4.69) is 30.3 Å². The normalized spacial score (nSPS) is 16.4. The molecule has 0 saturated carbocycles. The molecule has 0 unspecified atom stereocenters. The summed E-state index contributed by atoms with van der Waals surface area (Å²) in [5.41, 5.74) is 4.25. The van der Waals surface area contributed by atoms with Gasteiger partial charge in [0.1, 0.15) is 18.2 Å². The van der Waals surface area contributed by atoms with Gasteiger partial charge < -0.3 is 24.0 Å². The smallest absolute Gasteiger partial charge is 0.250 e. The number of hydrazone groups is 1. The zero-order valence-electron chi connectivity index (χ0n) is 19.8. The van der Waals surface area contributed by atoms with E-state index in [-0.39, 0.29) is 12.4 Å². The van der Waals surface area contributed by atoms with Gasteiger partial charge in [0.05, 0.1) is 32.6 Å². The lowest BCUT2D eigenvalue weighted by atomic mass is 10.2. The third-order valence-corrected chi connectivity index (χ3v) is 5.79. The van der Waals surface area contributed by atoms with E-state index in [1.807, 2.05) is 24.3 Å². The van der Waals surface area contributed by atoms with E-state index in [1.54, 1.807) is 24.4 Å². The highest BCUT2D eigenvalue weighted by Gasteiger charge is 2.20. The van der Waals surface area contributed by atoms with Gasteiger partial charge in [0.15, 0.2) is 0 Å². The van der Waals surface area contributed by atoms with Crippen molar-refractivity contribution in [3.05, 3.63) is 65.5 Å². The number of rotatable bonds is 8. The van der Waals surface area contributed by atoms with Crippen LogP contribution < -0.4 is 20.0 Å². The zero-order chi connectivity index (χ0) is 24.6. The van der Waals surface area contributed by atoms with Crippen LogP contribution in [0.3, 0.4) is 0 Å². The van der Waals surface area contributed by atoms with E-state index in [1.165, 1.54) is 6.07 Å². The third kappa shape index (κ3) is 6.23. The maximum Gasteiger partial charge on any atom is 0.250 e. The van der Waals surface area contributed by atoms with Crippen molar-refractivity contribution in [3.63, 3.8) is 0 Å². The van der Waals surface area contributed by atoms with Crippen LogP contribution in [0.2, 0.25) is 0 Å². The first-order valence-corrected chi connectivity index (χ1v) is 11.9. The molecule has 2 aliphatic heterocycles. The first kappa shape index (κ1) is 23.9. The van der Waals surface area contributed by atoms with Crippen molar-refractivity contribution in [2.45, 2.75) is 6.61 Å². The molecule has 11 heteroatoms. The quantitative estimate of drug-likeness (QED) is 0.375. The number of morpholine rings is 2. The first-order valence-electron chi connectivity index (χ1n) is 11.9. The van der Waals surface area contributed by atoms with Crippen molar-refractivity contribution in [1.82, 2.24) is 15.0 Å². The molecule has 2 aliphatic rings. The highest BCUT2D eigenvalue weighted by atomic mass is 19.1. The number of nitrogens with one attached hydrogen (secondary N) is 1. The van der Waals surface area contributed by atoms with E-state index in [0.29, 0.717) is 55.6 Å². The lowest BCUT2D eigenvalue weighted by molar-refractivity contribution is 0.121. The first-order chi connectivity index (χ1) is 17.7. The lowest BCUT2D eigenvalue weighted by Gasteiger charge is -2.30. The summed E-state index contributed by atoms with van der Waals surface area (Å²) in [6, 6.07) is 14.0. The number of benzene rings is 2. The molecule has 3 aromatic rings. The number of anilines is 3. The Morgan fingerprint density at radius 3 is 2.22 bits per heavy atom. The van der Waals surface area contributed by atoms with Gasteiger partial charge in [-0.1, -0.05) is 30.3 Å². The Balaban J connectivity index is 1.27. The maximum absolute atomic E-state index is 13.8. The average molecular weight is 494 g/mol. The molecular weight excluding hydrogens is 465 g/mol. The van der Waals surface area contributed by atoms with Crippen LogP contribution in [0.5, 0.6) is 5.75 Å². The Labute approximate surface area is 208 Å². The number of ether oxygens (including phenoxy) is 3. The average Bonchev–Trinajstić information content (AvgIpc) is 2.94. The van der Waals surface area contributed by atoms with Crippen LogP contribution in [0.4, 0.5) is 22.2 Å². The van der Waals surface area contributed by atoms with Crippen LogP contribution in [0.1, 0.15) is 11.1 Å². The third-order valence-electron chi connectivity index (χ3n) is 5.79. The molecule has 36 heavy (non-hydrogen) atoms. The highest BCUT2D eigenvalue weighted by molar-refractivity contribution is 5.80. The molecule has 0 bridgehead atoms. The van der Waals surface area contributed by atoms with Gasteiger partial charge in [0, 0.05) is 31.7 Å². The van der Waals surface area contributed by atoms with Crippen molar-refractivity contribution in [1.29, 1.82) is 0 Å². The summed E-state index contributed by atoms with van der Waals surface area (Å²) in [6.07, 6.45) is 1.66. The van der Waals surface area contributed by atoms with Gasteiger partial charge in [-0.15, -0.1) is 0 Å². The fourth-order valence-electron chi connectivity index (χ4n) is 3.84. The van der Waals surface area contributed by atoms with Crippen molar-refractivity contribution in [3.8, 4) is 5.75 Å². The number of nitrogens with zero attached hydrogens (tertiary/aromatic N) is 6. The molecule has 0 aliphatic carbocycles. The van der Waals surface area contributed by atoms with E-state index >= 15 is 0 Å². The van der Waals surface area contributed by atoms with Gasteiger partial charge in [-0.05, 0) is 23.8 Å². The van der Waals surface area contributed by atoms with E-state index in [0.717, 1.165) is 31.7 Å². The molecule has 0 amide bonds. The highest BCUT2D eigenvalue weighted by Crippen LogP contribution is 2.19. The Morgan fingerprint density at radius 1 is 0.889 bits per heavy atom. The molecule has 0 spiro atoms. The van der Waals surface area contributed by atoms with Crippen molar-refractivity contribution in [2.75, 3.05) is 67.8 Å². The Bertz CT molecular complexity index is 1150. The van der Waals surface area contributed by atoms with E-state index < -0.39 is 0 Å². The second-order valence-electron chi connectivity index (χ2n) is 8.28. The summed E-state index contributed by atoms with van der Waals surface area (Å²) in [4.78, 5) is 18.0. The minimum absolute atomic E-state index is 0.144. The largest absolute Gasteiger partial charge is 0.489 e. The maximum atomic E-state index is 13.8. The Hall–Kier alpha value is -3.83. The monoisotopic (exact) mass is 493 g/mol. The Morgan fingerprint density at radius 2 is 1.56 bits per heavy atom. The minimum Gasteiger partial charge on any atom is -0.489 e. The number of aromatic nitrogens is 3. The number of hydrogen-bond donors (Lipinski definition) is 1. The van der Waals surface area contributed by atoms with Crippen LogP contribution in [0.15, 0.2) is 53.6 Å². The molecule has 2 aromatic carbocycles. The van der Waals surface area contributed by atoms with Gasteiger partial charge in [-0.3, -0.25) is 0 Å². The fraction of sp³-hybridized carbons (Fsp3) is 0.360. The SMILES string of the molecule is Fc1ccccc1COc1cccc(/C=N\Nc2nc(N3CCOCC3)nc(N3CCOCC3)n2)c1. The summed E-state index contributed by atoms with van der Waals surface area (Å²) < 4.78 is 30.5. The van der Waals surface area contributed by atoms with Crippen molar-refractivity contribution in [2.24, 2.45) is 5.10 Å². The van der Waals surface area contributed by atoms with Crippen LogP contribution in [-0.2, 0) is 16.1 Å². The summed E-state index contributed by atoms with van der Waals surface area (Å²) in [7, 11) is 0. The second kappa shape index (κ2) is 11.7. The fourth-order valence-corrected chi connectivity index (χ4v) is 3.84. The zero-order valence-corrected chi connectivity index (χ0v) is 19.8. The minimum atomic E-state index is -0.287. The van der Waals surface area contributed by atoms with Crippen LogP contribution in [0.25, 0.3) is 0 Å². The number of halogens is 1. The standard InChI is InChI=1S/C25H28FN7O3/c26-22-7-2-1-5-20(22)18-36-21-6-3-4-19(16-21)17-27-31-23-28-24(32-8-12-34-13-9-32)30-25(29-23)33-10-14-35-15-11-33/h1-7,16-17H,8-15,18H2,(H,28,29,30,31)/b27-17-. The summed E-state index contributed by atoms with van der Waals surface area (Å²) >= 11 is 0. The molecule has 3 heterocycles. The summed E-state index contributed by atoms with van der Waals surface area (Å²) in [6.45, 7) is 5.55. The molecule has 1 N–H and O–H groups in total. The molecule has 1 aromatic heterocycles. The second-order valence-corrected chi connectivity index (χ2v) is 8.28. The van der Waals surface area contributed by atoms with Gasteiger partial charge in [-0.25, -0.2) is 9.82 Å². The van der Waals surface area contributed by atoms with Crippen molar-refractivity contribution < 1.29 is 18.6 Å². The van der Waals surface area contributed by atoms with Gasteiger partial charge >= 0.3 is 0 Å². The van der Waals surface area contributed by atoms with Gasteiger partial charge in [-0.2, -0.15) is 20.1 Å².